The summed E-state index contributed by atoms with van der Waals surface area (Å²) < 4.78 is 44.1. The molecule has 5 nitrogen and oxygen atoms in total. The smallest absolute Gasteiger partial charge is 0.365 e. The normalized spacial score (nSPS) is 25.0. The number of amides is 2. The molecule has 0 radical (unpaired) electrons. The van der Waals surface area contributed by atoms with Crippen molar-refractivity contribution in [3.8, 4) is 0 Å². The molecule has 3 aliphatic heterocycles. The number of hydrogen-bond acceptors (Lipinski definition) is 3. The second kappa shape index (κ2) is 8.28. The number of hydrogen-bond donors (Lipinski definition) is 1. The minimum atomic E-state index is -4.46. The maximum atomic E-state index is 13.1. The van der Waals surface area contributed by atoms with E-state index in [1.807, 2.05) is 0 Å². The largest absolute Gasteiger partial charge is 0.416 e. The van der Waals surface area contributed by atoms with Crippen LogP contribution in [0, 0.1) is 0 Å². The first kappa shape index (κ1) is 22.4. The number of nitrogens with one attached hydrogen (secondary N) is 1. The Balaban J connectivity index is 1.58. The summed E-state index contributed by atoms with van der Waals surface area (Å²) in [7, 11) is 0. The van der Waals surface area contributed by atoms with Gasteiger partial charge in [0.2, 0.25) is 0 Å². The van der Waals surface area contributed by atoms with Crippen LogP contribution in [0.25, 0.3) is 0 Å². The number of halogens is 3. The summed E-state index contributed by atoms with van der Waals surface area (Å²) >= 11 is 0. The minimum Gasteiger partial charge on any atom is -0.365 e. The Labute approximate surface area is 181 Å². The Morgan fingerprint density at radius 2 is 1.94 bits per heavy atom. The number of urea groups is 1. The number of carbonyl (C=O) groups excluding carboxylic acids is 1. The van der Waals surface area contributed by atoms with Crippen LogP contribution < -0.4 is 5.32 Å². The predicted molar refractivity (Wildman–Crippen MR) is 112 cm³/mol. The summed E-state index contributed by atoms with van der Waals surface area (Å²) in [6.07, 6.45) is -3.47. The summed E-state index contributed by atoms with van der Waals surface area (Å²) in [4.78, 5) is 16.1. The molecule has 0 aliphatic carbocycles. The lowest BCUT2D eigenvalue weighted by Crippen LogP contribution is -2.55. The van der Waals surface area contributed by atoms with Crippen molar-refractivity contribution in [3.63, 3.8) is 0 Å². The summed E-state index contributed by atoms with van der Waals surface area (Å²) in [5.74, 6) is 0. The molecule has 3 heterocycles. The van der Waals surface area contributed by atoms with E-state index in [1.54, 1.807) is 4.90 Å². The van der Waals surface area contributed by atoms with Gasteiger partial charge in [-0.25, -0.2) is 4.79 Å². The maximum Gasteiger partial charge on any atom is 0.416 e. The highest BCUT2D eigenvalue weighted by molar-refractivity contribution is 5.75. The highest BCUT2D eigenvalue weighted by Gasteiger charge is 2.45. The van der Waals surface area contributed by atoms with Gasteiger partial charge in [-0.3, -0.25) is 0 Å². The fourth-order valence-electron chi connectivity index (χ4n) is 4.78. The molecule has 0 bridgehead atoms. The number of carbonyl (C=O) groups is 1. The maximum absolute atomic E-state index is 13.1. The van der Waals surface area contributed by atoms with Crippen molar-refractivity contribution >= 4 is 6.03 Å². The predicted octanol–water partition coefficient (Wildman–Crippen LogP) is 4.15. The molecule has 2 amide bonds. The fraction of sp³-hybridized carbons (Fsp3) is 0.696. The zero-order chi connectivity index (χ0) is 22.4. The summed E-state index contributed by atoms with van der Waals surface area (Å²) in [6.45, 7) is 8.21. The topological polar surface area (TPSA) is 44.8 Å². The van der Waals surface area contributed by atoms with Crippen LogP contribution in [0.2, 0.25) is 0 Å². The molecule has 31 heavy (non-hydrogen) atoms. The molecule has 0 unspecified atom stereocenters. The SMILES string of the molecule is CC(C)(C)c1cc2c(c([C@@H]3CCCN3)c1)CN(C(=O)N1CCO[C@H](C(F)(F)F)C1)CC2. The summed E-state index contributed by atoms with van der Waals surface area (Å²) in [5, 5.41) is 3.58. The average Bonchev–Trinajstić information content (AvgIpc) is 3.25. The van der Waals surface area contributed by atoms with Crippen molar-refractivity contribution in [1.29, 1.82) is 0 Å². The van der Waals surface area contributed by atoms with Crippen molar-refractivity contribution in [2.45, 2.75) is 70.3 Å². The van der Waals surface area contributed by atoms with E-state index in [-0.39, 0.29) is 30.6 Å². The van der Waals surface area contributed by atoms with E-state index >= 15 is 0 Å². The summed E-state index contributed by atoms with van der Waals surface area (Å²) in [5.41, 5.74) is 4.97. The van der Waals surface area contributed by atoms with E-state index in [4.69, 9.17) is 4.74 Å². The van der Waals surface area contributed by atoms with Gasteiger partial charge in [0.15, 0.2) is 6.10 Å². The number of nitrogens with zero attached hydrogens (tertiary/aromatic N) is 2. The van der Waals surface area contributed by atoms with E-state index in [2.05, 4.69) is 38.2 Å². The van der Waals surface area contributed by atoms with Crippen molar-refractivity contribution in [2.75, 3.05) is 32.8 Å². The van der Waals surface area contributed by atoms with Gasteiger partial charge in [-0.05, 0) is 53.5 Å². The Bertz CT molecular complexity index is 829. The van der Waals surface area contributed by atoms with Crippen LogP contribution in [0.1, 0.15) is 61.9 Å². The van der Waals surface area contributed by atoms with Crippen molar-refractivity contribution < 1.29 is 22.7 Å². The average molecular weight is 440 g/mol. The van der Waals surface area contributed by atoms with Crippen LogP contribution in [0.5, 0.6) is 0 Å². The number of morpholine rings is 1. The molecule has 0 aromatic heterocycles. The molecule has 4 rings (SSSR count). The highest BCUT2D eigenvalue weighted by atomic mass is 19.4. The van der Waals surface area contributed by atoms with Crippen molar-refractivity contribution in [2.24, 2.45) is 0 Å². The molecule has 0 spiro atoms. The van der Waals surface area contributed by atoms with Crippen LogP contribution in [-0.2, 0) is 23.1 Å². The van der Waals surface area contributed by atoms with Crippen LogP contribution in [0.15, 0.2) is 12.1 Å². The molecule has 172 valence electrons. The van der Waals surface area contributed by atoms with Gasteiger partial charge in [-0.2, -0.15) is 13.2 Å². The quantitative estimate of drug-likeness (QED) is 0.715. The van der Waals surface area contributed by atoms with Crippen LogP contribution in [-0.4, -0.2) is 60.9 Å². The molecular formula is C23H32F3N3O2. The lowest BCUT2D eigenvalue weighted by Gasteiger charge is -2.39. The van der Waals surface area contributed by atoms with Gasteiger partial charge in [0.25, 0.3) is 0 Å². The third-order valence-electron chi connectivity index (χ3n) is 6.65. The second-order valence-corrected chi connectivity index (χ2v) is 9.90. The molecule has 2 atom stereocenters. The lowest BCUT2D eigenvalue weighted by molar-refractivity contribution is -0.234. The minimum absolute atomic E-state index is 0.0236. The molecule has 3 aliphatic rings. The number of ether oxygens (including phenoxy) is 1. The number of fused-ring (bicyclic) bond motifs is 1. The van der Waals surface area contributed by atoms with Gasteiger partial charge in [0, 0.05) is 25.7 Å². The Morgan fingerprint density at radius 1 is 1.16 bits per heavy atom. The van der Waals surface area contributed by atoms with E-state index in [0.717, 1.165) is 31.4 Å². The van der Waals surface area contributed by atoms with E-state index in [9.17, 15) is 18.0 Å². The second-order valence-electron chi connectivity index (χ2n) is 9.90. The van der Waals surface area contributed by atoms with Gasteiger partial charge in [0.05, 0.1) is 13.2 Å². The van der Waals surface area contributed by atoms with Gasteiger partial charge in [-0.1, -0.05) is 32.9 Å². The van der Waals surface area contributed by atoms with Crippen molar-refractivity contribution in [1.82, 2.24) is 15.1 Å². The zero-order valence-electron chi connectivity index (χ0n) is 18.5. The van der Waals surface area contributed by atoms with Gasteiger partial charge < -0.3 is 19.9 Å². The molecule has 2 saturated heterocycles. The molecule has 2 fully saturated rings. The van der Waals surface area contributed by atoms with E-state index < -0.39 is 18.8 Å². The first-order chi connectivity index (χ1) is 14.5. The van der Waals surface area contributed by atoms with Gasteiger partial charge in [-0.15, -0.1) is 0 Å². The monoisotopic (exact) mass is 439 g/mol. The molecule has 0 saturated carbocycles. The molecule has 8 heteroatoms. The molecular weight excluding hydrogens is 407 g/mol. The molecule has 1 aromatic carbocycles. The Morgan fingerprint density at radius 3 is 2.58 bits per heavy atom. The Kier molecular flexibility index (Phi) is 5.98. The van der Waals surface area contributed by atoms with Crippen LogP contribution in [0.4, 0.5) is 18.0 Å². The van der Waals surface area contributed by atoms with Crippen molar-refractivity contribution in [3.05, 3.63) is 34.4 Å². The Hall–Kier alpha value is -1.80. The number of rotatable bonds is 1. The van der Waals surface area contributed by atoms with Gasteiger partial charge in [0.1, 0.15) is 0 Å². The molecule has 1 aromatic rings. The van der Waals surface area contributed by atoms with E-state index in [1.165, 1.54) is 21.6 Å². The van der Waals surface area contributed by atoms with E-state index in [0.29, 0.717) is 13.1 Å². The summed E-state index contributed by atoms with van der Waals surface area (Å²) in [6, 6.07) is 4.46. The molecule has 1 N–H and O–H groups in total. The first-order valence-corrected chi connectivity index (χ1v) is 11.2. The lowest BCUT2D eigenvalue weighted by atomic mass is 9.80. The van der Waals surface area contributed by atoms with Crippen LogP contribution >= 0.6 is 0 Å². The van der Waals surface area contributed by atoms with Crippen LogP contribution in [0.3, 0.4) is 0 Å². The zero-order valence-corrected chi connectivity index (χ0v) is 18.5. The number of benzene rings is 1. The first-order valence-electron chi connectivity index (χ1n) is 11.2. The third kappa shape index (κ3) is 4.70. The highest BCUT2D eigenvalue weighted by Crippen LogP contribution is 2.36. The third-order valence-corrected chi connectivity index (χ3v) is 6.65. The number of alkyl halides is 3. The van der Waals surface area contributed by atoms with Gasteiger partial charge >= 0.3 is 12.2 Å². The fourth-order valence-corrected chi connectivity index (χ4v) is 4.78. The standard InChI is InChI=1S/C23H32F3N3O2/c1-22(2,3)16-11-15-6-8-28(13-18(15)17(12-16)19-5-4-7-27-19)21(30)29-9-10-31-20(14-29)23(24,25)26/h11-12,19-20,27H,4-10,13-14H2,1-3H3/t19-,20-/m0/s1.